The number of carboxylic acids is 1. The first kappa shape index (κ1) is 22.9. The molecule has 29 heavy (non-hydrogen) atoms. The van der Waals surface area contributed by atoms with Gasteiger partial charge in [-0.25, -0.2) is 4.79 Å². The summed E-state index contributed by atoms with van der Waals surface area (Å²) in [4.78, 5) is 26.6. The van der Waals surface area contributed by atoms with Gasteiger partial charge in [0, 0.05) is 35.7 Å². The summed E-state index contributed by atoms with van der Waals surface area (Å²) in [5.41, 5.74) is 7.53. The Labute approximate surface area is 180 Å². The van der Waals surface area contributed by atoms with Gasteiger partial charge in [-0.15, -0.1) is 0 Å². The van der Waals surface area contributed by atoms with Gasteiger partial charge in [-0.3, -0.25) is 14.6 Å². The number of nitrogens with zero attached hydrogens (tertiary/aromatic N) is 2. The van der Waals surface area contributed by atoms with Gasteiger partial charge in [0.2, 0.25) is 0 Å². The first-order valence-corrected chi connectivity index (χ1v) is 10.5. The monoisotopic (exact) mass is 461 g/mol. The van der Waals surface area contributed by atoms with Crippen LogP contribution in [0.1, 0.15) is 37.8 Å². The topological polar surface area (TPSA) is 86.9 Å². The number of primary amides is 1. The highest BCUT2D eigenvalue weighted by molar-refractivity contribution is 9.10. The summed E-state index contributed by atoms with van der Waals surface area (Å²) >= 11 is 3.39. The third-order valence-corrected chi connectivity index (χ3v) is 5.43. The van der Waals surface area contributed by atoms with Gasteiger partial charge in [-0.2, -0.15) is 0 Å². The average molecular weight is 462 g/mol. The number of aliphatic carboxylic acids is 1. The number of anilines is 1. The second-order valence-electron chi connectivity index (χ2n) is 6.94. The van der Waals surface area contributed by atoms with Crippen LogP contribution in [0.3, 0.4) is 0 Å². The molecule has 6 nitrogen and oxygen atoms in total. The van der Waals surface area contributed by atoms with Crippen LogP contribution >= 0.6 is 15.9 Å². The van der Waals surface area contributed by atoms with Gasteiger partial charge in [0.25, 0.3) is 0 Å². The average Bonchev–Trinajstić information content (AvgIpc) is 2.70. The minimum Gasteiger partial charge on any atom is -0.481 e. The molecule has 3 N–H and O–H groups in total. The molecule has 2 amide bonds. The Kier molecular flexibility index (Phi) is 9.15. The number of carbonyl (C=O) groups excluding carboxylic acids is 1. The third-order valence-electron chi connectivity index (χ3n) is 4.90. The van der Waals surface area contributed by atoms with E-state index in [0.717, 1.165) is 23.1 Å². The van der Waals surface area contributed by atoms with Crippen LogP contribution in [0.2, 0.25) is 0 Å². The Bertz CT molecular complexity index is 784. The number of carbonyl (C=O) groups is 2. The van der Waals surface area contributed by atoms with Gasteiger partial charge in [-0.05, 0) is 56.1 Å². The van der Waals surface area contributed by atoms with Crippen LogP contribution in [0.4, 0.5) is 10.5 Å². The SMILES string of the molecule is C[C@H](c1ccccc1)N(CCCC(=O)O)CCCN(C(N)=O)c1ccc(Br)cc1. The molecule has 0 saturated carbocycles. The lowest BCUT2D eigenvalue weighted by Crippen LogP contribution is -2.38. The smallest absolute Gasteiger partial charge is 0.319 e. The number of urea groups is 1. The molecular formula is C22H28BrN3O3. The van der Waals surface area contributed by atoms with Crippen molar-refractivity contribution in [1.82, 2.24) is 4.90 Å². The van der Waals surface area contributed by atoms with Crippen LogP contribution in [0.25, 0.3) is 0 Å². The van der Waals surface area contributed by atoms with E-state index < -0.39 is 12.0 Å². The number of nitrogens with two attached hydrogens (primary N) is 1. The van der Waals surface area contributed by atoms with E-state index in [9.17, 15) is 9.59 Å². The predicted octanol–water partition coefficient (Wildman–Crippen LogP) is 4.65. The quantitative estimate of drug-likeness (QED) is 0.509. The zero-order chi connectivity index (χ0) is 21.2. The van der Waals surface area contributed by atoms with Crippen molar-refractivity contribution < 1.29 is 14.7 Å². The summed E-state index contributed by atoms with van der Waals surface area (Å²) in [5, 5.41) is 8.96. The maximum Gasteiger partial charge on any atom is 0.319 e. The van der Waals surface area contributed by atoms with Gasteiger partial charge < -0.3 is 10.8 Å². The lowest BCUT2D eigenvalue weighted by Gasteiger charge is -2.30. The normalized spacial score (nSPS) is 12.0. The van der Waals surface area contributed by atoms with Crippen molar-refractivity contribution in [2.75, 3.05) is 24.5 Å². The van der Waals surface area contributed by atoms with Crippen LogP contribution < -0.4 is 10.6 Å². The predicted molar refractivity (Wildman–Crippen MR) is 119 cm³/mol. The van der Waals surface area contributed by atoms with Crippen LogP contribution in [-0.2, 0) is 4.79 Å². The Morgan fingerprint density at radius 1 is 1.00 bits per heavy atom. The Morgan fingerprint density at radius 2 is 1.62 bits per heavy atom. The summed E-state index contributed by atoms with van der Waals surface area (Å²) in [6.07, 6.45) is 1.45. The second kappa shape index (κ2) is 11.6. The molecule has 0 aliphatic carbocycles. The second-order valence-corrected chi connectivity index (χ2v) is 7.86. The molecule has 2 aromatic carbocycles. The summed E-state index contributed by atoms with van der Waals surface area (Å²) in [5.74, 6) is -0.785. The minimum absolute atomic E-state index is 0.143. The molecule has 2 aromatic rings. The summed E-state index contributed by atoms with van der Waals surface area (Å²) < 4.78 is 0.937. The van der Waals surface area contributed by atoms with Gasteiger partial charge in [0.15, 0.2) is 0 Å². The molecule has 0 saturated heterocycles. The number of hydrogen-bond acceptors (Lipinski definition) is 3. The number of halogens is 1. The van der Waals surface area contributed by atoms with E-state index in [0.29, 0.717) is 19.5 Å². The van der Waals surface area contributed by atoms with E-state index in [1.807, 2.05) is 42.5 Å². The molecule has 1 atom stereocenters. The fourth-order valence-corrected chi connectivity index (χ4v) is 3.56. The number of amides is 2. The molecule has 0 unspecified atom stereocenters. The van der Waals surface area contributed by atoms with Crippen LogP contribution in [-0.4, -0.2) is 41.6 Å². The lowest BCUT2D eigenvalue weighted by molar-refractivity contribution is -0.137. The van der Waals surface area contributed by atoms with Gasteiger partial charge in [0.1, 0.15) is 0 Å². The first-order valence-electron chi connectivity index (χ1n) is 9.72. The van der Waals surface area contributed by atoms with E-state index >= 15 is 0 Å². The molecule has 7 heteroatoms. The number of carboxylic acid groups (broad SMARTS) is 1. The molecule has 0 aliphatic rings. The van der Waals surface area contributed by atoms with Crippen LogP contribution in [0.15, 0.2) is 59.1 Å². The van der Waals surface area contributed by atoms with E-state index in [1.54, 1.807) is 4.90 Å². The van der Waals surface area contributed by atoms with Crippen molar-refractivity contribution >= 4 is 33.6 Å². The molecule has 0 heterocycles. The summed E-state index contributed by atoms with van der Waals surface area (Å²) in [6, 6.07) is 17.3. The van der Waals surface area contributed by atoms with Gasteiger partial charge >= 0.3 is 12.0 Å². The van der Waals surface area contributed by atoms with Crippen molar-refractivity contribution in [3.63, 3.8) is 0 Å². The molecule has 0 spiro atoms. The molecule has 0 bridgehead atoms. The number of rotatable bonds is 11. The largest absolute Gasteiger partial charge is 0.481 e. The van der Waals surface area contributed by atoms with Crippen molar-refractivity contribution in [1.29, 1.82) is 0 Å². The maximum atomic E-state index is 11.9. The zero-order valence-corrected chi connectivity index (χ0v) is 18.2. The van der Waals surface area contributed by atoms with E-state index in [-0.39, 0.29) is 12.5 Å². The van der Waals surface area contributed by atoms with Crippen molar-refractivity contribution in [3.8, 4) is 0 Å². The Morgan fingerprint density at radius 3 is 2.21 bits per heavy atom. The van der Waals surface area contributed by atoms with E-state index in [4.69, 9.17) is 10.8 Å². The fraction of sp³-hybridized carbons (Fsp3) is 0.364. The van der Waals surface area contributed by atoms with Crippen molar-refractivity contribution in [2.45, 2.75) is 32.2 Å². The van der Waals surface area contributed by atoms with Crippen molar-refractivity contribution in [3.05, 3.63) is 64.6 Å². The van der Waals surface area contributed by atoms with Crippen LogP contribution in [0, 0.1) is 0 Å². The Hall–Kier alpha value is -2.38. The zero-order valence-electron chi connectivity index (χ0n) is 16.6. The summed E-state index contributed by atoms with van der Waals surface area (Å²) in [6.45, 7) is 4.03. The van der Waals surface area contributed by atoms with E-state index in [1.165, 1.54) is 5.56 Å². The molecule has 0 aliphatic heterocycles. The van der Waals surface area contributed by atoms with E-state index in [2.05, 4.69) is 39.9 Å². The highest BCUT2D eigenvalue weighted by atomic mass is 79.9. The minimum atomic E-state index is -0.785. The standard InChI is InChI=1S/C22H28BrN3O3/c1-17(18-7-3-2-4-8-18)25(14-5-9-21(27)28)15-6-16-26(22(24)29)20-12-10-19(23)11-13-20/h2-4,7-8,10-13,17H,5-6,9,14-16H2,1H3,(H2,24,29)(H,27,28)/t17-/m1/s1. The van der Waals surface area contributed by atoms with Gasteiger partial charge in [-0.1, -0.05) is 46.3 Å². The highest BCUT2D eigenvalue weighted by Gasteiger charge is 2.18. The lowest BCUT2D eigenvalue weighted by atomic mass is 10.1. The first-order chi connectivity index (χ1) is 13.9. The maximum absolute atomic E-state index is 11.9. The molecule has 2 rings (SSSR count). The molecule has 0 radical (unpaired) electrons. The highest BCUT2D eigenvalue weighted by Crippen LogP contribution is 2.22. The molecule has 156 valence electrons. The van der Waals surface area contributed by atoms with Gasteiger partial charge in [0.05, 0.1) is 0 Å². The number of benzene rings is 2. The number of hydrogen-bond donors (Lipinski definition) is 2. The third kappa shape index (κ3) is 7.51. The fourth-order valence-electron chi connectivity index (χ4n) is 3.29. The molecule has 0 fully saturated rings. The van der Waals surface area contributed by atoms with Crippen LogP contribution in [0.5, 0.6) is 0 Å². The Balaban J connectivity index is 2.02. The molecular weight excluding hydrogens is 434 g/mol. The molecule has 0 aromatic heterocycles. The summed E-state index contributed by atoms with van der Waals surface area (Å²) in [7, 11) is 0. The van der Waals surface area contributed by atoms with Crippen molar-refractivity contribution in [2.24, 2.45) is 5.73 Å².